The Bertz CT molecular complexity index is 122. The molecule has 0 saturated carbocycles. The van der Waals surface area contributed by atoms with Crippen LogP contribution < -0.4 is 10.9 Å². The number of carbonyl (C=O) groups excluding carboxylic acids is 1. The van der Waals surface area contributed by atoms with Gasteiger partial charge in [0.2, 0.25) is 0 Å². The summed E-state index contributed by atoms with van der Waals surface area (Å²) in [6.07, 6.45) is 0. The Morgan fingerprint density at radius 3 is 2.38 bits per heavy atom. The molecule has 0 atom stereocenters. The van der Waals surface area contributed by atoms with Crippen LogP contribution >= 0.6 is 0 Å². The van der Waals surface area contributed by atoms with Gasteiger partial charge in [-0.2, -0.15) is 0 Å². The van der Waals surface area contributed by atoms with Crippen LogP contribution in [0, 0.1) is 0 Å². The van der Waals surface area contributed by atoms with Gasteiger partial charge in [0.15, 0.2) is 0 Å². The molecule has 0 unspecified atom stereocenters. The highest BCUT2D eigenvalue weighted by molar-refractivity contribution is 5.84. The van der Waals surface area contributed by atoms with Gasteiger partial charge >= 0.3 is 0 Å². The van der Waals surface area contributed by atoms with Crippen molar-refractivity contribution in [3.8, 4) is 0 Å². The molecule has 0 radical (unpaired) electrons. The number of hydrogen-bond donors (Lipinski definition) is 4. The molecule has 1 amide bonds. The molecule has 1 saturated heterocycles. The van der Waals surface area contributed by atoms with Crippen LogP contribution in [0.3, 0.4) is 0 Å². The lowest BCUT2D eigenvalue weighted by molar-refractivity contribution is -0.172. The molecule has 5 heteroatoms. The number of amides is 1. The van der Waals surface area contributed by atoms with Gasteiger partial charge in [-0.3, -0.25) is 10.2 Å². The Morgan fingerprint density at radius 1 is 1.62 bits per heavy atom. The zero-order valence-electron chi connectivity index (χ0n) is 4.01. The summed E-state index contributed by atoms with van der Waals surface area (Å²) in [4.78, 5) is 10.2. The fourth-order valence-electron chi connectivity index (χ4n) is 0.428. The minimum Gasteiger partial charge on any atom is -0.357 e. The molecule has 46 valence electrons. The molecule has 1 rings (SSSR count). The van der Waals surface area contributed by atoms with Gasteiger partial charge in [-0.15, -0.1) is 0 Å². The lowest BCUT2D eigenvalue weighted by Gasteiger charge is -2.06. The van der Waals surface area contributed by atoms with Crippen LogP contribution in [0.4, 0.5) is 0 Å². The van der Waals surface area contributed by atoms with E-state index in [1.54, 1.807) is 0 Å². The van der Waals surface area contributed by atoms with E-state index < -0.39 is 11.7 Å². The average Bonchev–Trinajstić information content (AvgIpc) is 1.86. The lowest BCUT2D eigenvalue weighted by atomic mass is 10.3. The second-order valence-electron chi connectivity index (χ2n) is 1.62. The first-order valence-electron chi connectivity index (χ1n) is 2.11. The number of nitrogens with one attached hydrogen (secondary N) is 2. The highest BCUT2D eigenvalue weighted by Gasteiger charge is 2.37. The molecule has 1 aliphatic heterocycles. The number of hydrazine groups is 1. The number of β-amino-alcohol motifs (C(OH)–C–C–N with tert-alkyl or cyclic N) is 2. The number of rotatable bonds is 0. The Balaban J connectivity index is 2.68. The molecule has 1 aliphatic rings. The summed E-state index contributed by atoms with van der Waals surface area (Å²) < 4.78 is 0. The summed E-state index contributed by atoms with van der Waals surface area (Å²) in [6, 6.07) is 0. The van der Waals surface area contributed by atoms with E-state index in [0.29, 0.717) is 0 Å². The van der Waals surface area contributed by atoms with Crippen molar-refractivity contribution < 1.29 is 15.0 Å². The fourth-order valence-corrected chi connectivity index (χ4v) is 0.428. The summed E-state index contributed by atoms with van der Waals surface area (Å²) in [5, 5.41) is 17.1. The van der Waals surface area contributed by atoms with Crippen molar-refractivity contribution in [3.05, 3.63) is 0 Å². The smallest absolute Gasteiger partial charge is 0.295 e. The summed E-state index contributed by atoms with van der Waals surface area (Å²) in [6.45, 7) is -0.161. The van der Waals surface area contributed by atoms with Crippen molar-refractivity contribution in [1.29, 1.82) is 0 Å². The highest BCUT2D eigenvalue weighted by Crippen LogP contribution is 1.99. The molecule has 0 aromatic carbocycles. The quantitative estimate of drug-likeness (QED) is 0.261. The van der Waals surface area contributed by atoms with Crippen molar-refractivity contribution in [1.82, 2.24) is 10.9 Å². The highest BCUT2D eigenvalue weighted by atomic mass is 16.5. The molecular weight excluding hydrogens is 112 g/mol. The normalized spacial score (nSPS) is 25.5. The van der Waals surface area contributed by atoms with Crippen molar-refractivity contribution in [2.75, 3.05) is 6.54 Å². The summed E-state index contributed by atoms with van der Waals surface area (Å²) in [7, 11) is 0. The van der Waals surface area contributed by atoms with E-state index in [1.807, 2.05) is 5.43 Å². The maximum atomic E-state index is 10.2. The molecule has 8 heavy (non-hydrogen) atoms. The largest absolute Gasteiger partial charge is 0.357 e. The van der Waals surface area contributed by atoms with Gasteiger partial charge in [-0.1, -0.05) is 0 Å². The molecule has 0 aromatic heterocycles. The van der Waals surface area contributed by atoms with Crippen LogP contribution in [0.2, 0.25) is 0 Å². The van der Waals surface area contributed by atoms with Gasteiger partial charge < -0.3 is 10.2 Å². The van der Waals surface area contributed by atoms with Crippen molar-refractivity contribution in [3.63, 3.8) is 0 Å². The molecule has 0 bridgehead atoms. The van der Waals surface area contributed by atoms with Gasteiger partial charge in [-0.05, 0) is 0 Å². The number of hydrogen-bond acceptors (Lipinski definition) is 4. The van der Waals surface area contributed by atoms with Crippen LogP contribution in [0.1, 0.15) is 0 Å². The Labute approximate surface area is 45.3 Å². The first-order valence-corrected chi connectivity index (χ1v) is 2.11. The summed E-state index contributed by atoms with van der Waals surface area (Å²) in [5.74, 6) is -3.02. The second kappa shape index (κ2) is 1.41. The first-order chi connectivity index (χ1) is 3.63. The van der Waals surface area contributed by atoms with E-state index in [-0.39, 0.29) is 6.54 Å². The molecule has 5 nitrogen and oxygen atoms in total. The van der Waals surface area contributed by atoms with E-state index in [1.165, 1.54) is 0 Å². The minimum atomic E-state index is -2.21. The van der Waals surface area contributed by atoms with Crippen LogP contribution in [0.15, 0.2) is 0 Å². The van der Waals surface area contributed by atoms with Gasteiger partial charge in [0.1, 0.15) is 0 Å². The first kappa shape index (κ1) is 5.49. The van der Waals surface area contributed by atoms with Crippen molar-refractivity contribution in [2.45, 2.75) is 5.79 Å². The third-order valence-corrected chi connectivity index (χ3v) is 0.900. The van der Waals surface area contributed by atoms with Gasteiger partial charge in [0.05, 0.1) is 6.54 Å². The Morgan fingerprint density at radius 2 is 2.25 bits per heavy atom. The third-order valence-electron chi connectivity index (χ3n) is 0.900. The fraction of sp³-hybridized carbons (Fsp3) is 0.667. The van der Waals surface area contributed by atoms with Crippen LogP contribution in [-0.4, -0.2) is 28.5 Å². The van der Waals surface area contributed by atoms with Gasteiger partial charge in [0.25, 0.3) is 11.7 Å². The zero-order chi connectivity index (χ0) is 6.20. The molecule has 1 heterocycles. The maximum absolute atomic E-state index is 10.2. The molecular formula is C3H6N2O3. The monoisotopic (exact) mass is 118 g/mol. The van der Waals surface area contributed by atoms with Crippen molar-refractivity contribution >= 4 is 5.91 Å². The molecule has 1 fully saturated rings. The SMILES string of the molecule is O=C1NNCC1(O)O. The van der Waals surface area contributed by atoms with Gasteiger partial charge in [-0.25, -0.2) is 5.43 Å². The Kier molecular flexibility index (Phi) is 0.968. The van der Waals surface area contributed by atoms with Crippen LogP contribution in [-0.2, 0) is 4.79 Å². The van der Waals surface area contributed by atoms with E-state index in [0.717, 1.165) is 0 Å². The molecule has 4 N–H and O–H groups in total. The lowest BCUT2D eigenvalue weighted by Crippen LogP contribution is -2.39. The molecule has 0 spiro atoms. The summed E-state index contributed by atoms with van der Waals surface area (Å²) >= 11 is 0. The number of aliphatic hydroxyl groups is 2. The Hall–Kier alpha value is -0.650. The number of carbonyl (C=O) groups is 1. The minimum absolute atomic E-state index is 0.161. The third kappa shape index (κ3) is 0.664. The topological polar surface area (TPSA) is 81.6 Å². The van der Waals surface area contributed by atoms with Gasteiger partial charge in [0, 0.05) is 0 Å². The second-order valence-corrected chi connectivity index (χ2v) is 1.62. The van der Waals surface area contributed by atoms with E-state index >= 15 is 0 Å². The molecule has 0 aliphatic carbocycles. The standard InChI is InChI=1S/C3H6N2O3/c6-2-3(7,8)1-4-5-2/h4,7-8H,1H2,(H,5,6). The van der Waals surface area contributed by atoms with E-state index in [2.05, 4.69) is 5.43 Å². The summed E-state index contributed by atoms with van der Waals surface area (Å²) in [5.41, 5.74) is 4.28. The van der Waals surface area contributed by atoms with Crippen LogP contribution in [0.25, 0.3) is 0 Å². The predicted molar refractivity (Wildman–Crippen MR) is 23.3 cm³/mol. The maximum Gasteiger partial charge on any atom is 0.295 e. The van der Waals surface area contributed by atoms with E-state index in [4.69, 9.17) is 10.2 Å². The van der Waals surface area contributed by atoms with E-state index in [9.17, 15) is 4.79 Å². The predicted octanol–water partition coefficient (Wildman–Crippen LogP) is -2.70. The zero-order valence-corrected chi connectivity index (χ0v) is 4.01. The average molecular weight is 118 g/mol. The van der Waals surface area contributed by atoms with Crippen molar-refractivity contribution in [2.24, 2.45) is 0 Å². The van der Waals surface area contributed by atoms with Crippen LogP contribution in [0.5, 0.6) is 0 Å². The molecule has 0 aromatic rings.